The van der Waals surface area contributed by atoms with E-state index in [0.717, 1.165) is 10.1 Å². The molecule has 0 aliphatic heterocycles. The monoisotopic (exact) mass is 220 g/mol. The van der Waals surface area contributed by atoms with E-state index in [0.29, 0.717) is 5.69 Å². The fourth-order valence-corrected chi connectivity index (χ4v) is 1.57. The summed E-state index contributed by atoms with van der Waals surface area (Å²) in [6.07, 6.45) is 0. The Morgan fingerprint density at radius 2 is 1.94 bits per heavy atom. The molecule has 0 atom stereocenters. The third kappa shape index (κ3) is 1.72. The van der Waals surface area contributed by atoms with Gasteiger partial charge in [-0.05, 0) is 0 Å². The number of imidazole rings is 1. The second-order valence-corrected chi connectivity index (χ2v) is 3.37. The predicted molar refractivity (Wildman–Crippen MR) is 59.2 cm³/mol. The molecule has 2 aromatic rings. The lowest BCUT2D eigenvalue weighted by molar-refractivity contribution is 0.265. The fraction of sp³-hybridized carbons (Fsp3) is 0.182. The van der Waals surface area contributed by atoms with Gasteiger partial charge in [-0.1, -0.05) is 30.3 Å². The van der Waals surface area contributed by atoms with Gasteiger partial charge in [0.2, 0.25) is 5.88 Å². The molecule has 0 fully saturated rings. The zero-order valence-electron chi connectivity index (χ0n) is 8.55. The molecule has 0 spiro atoms. The van der Waals surface area contributed by atoms with Crippen molar-refractivity contribution in [3.05, 3.63) is 40.8 Å². The third-order valence-electron chi connectivity index (χ3n) is 2.34. The maximum absolute atomic E-state index is 11.5. The first kappa shape index (κ1) is 10.5. The number of hydrogen-bond donors (Lipinski definition) is 3. The number of hydrogen-bond acceptors (Lipinski definition) is 3. The molecular weight excluding hydrogens is 208 g/mol. The van der Waals surface area contributed by atoms with Crippen molar-refractivity contribution in [1.82, 2.24) is 9.55 Å². The van der Waals surface area contributed by atoms with Crippen molar-refractivity contribution in [2.75, 3.05) is 6.61 Å². The summed E-state index contributed by atoms with van der Waals surface area (Å²) in [4.78, 5) is 14.0. The summed E-state index contributed by atoms with van der Waals surface area (Å²) < 4.78 is 1.10. The Labute approximate surface area is 91.6 Å². The number of aliphatic hydroxyl groups is 1. The topological polar surface area (TPSA) is 78.2 Å². The second kappa shape index (κ2) is 4.24. The Bertz CT molecular complexity index is 528. The zero-order chi connectivity index (χ0) is 11.5. The van der Waals surface area contributed by atoms with Gasteiger partial charge in [-0.15, -0.1) is 0 Å². The molecule has 0 saturated carbocycles. The maximum Gasteiger partial charge on any atom is 0.328 e. The van der Waals surface area contributed by atoms with Crippen molar-refractivity contribution in [1.29, 1.82) is 0 Å². The molecule has 1 aromatic carbocycles. The standard InChI is InChI=1S/C11H12N2O3/c14-7-6-13-10(15)9(12-11(13)16)8-4-2-1-3-5-8/h1-5,14-15H,6-7H2,(H,12,16). The molecule has 84 valence electrons. The number of nitrogens with one attached hydrogen (secondary N) is 1. The minimum Gasteiger partial charge on any atom is -0.493 e. The van der Waals surface area contributed by atoms with Gasteiger partial charge in [-0.2, -0.15) is 0 Å². The van der Waals surface area contributed by atoms with Gasteiger partial charge in [0.25, 0.3) is 0 Å². The van der Waals surface area contributed by atoms with Crippen molar-refractivity contribution in [2.45, 2.75) is 6.54 Å². The minimum atomic E-state index is -0.426. The van der Waals surface area contributed by atoms with Gasteiger partial charge in [-0.3, -0.25) is 4.57 Å². The molecule has 1 heterocycles. The number of aromatic hydroxyl groups is 1. The highest BCUT2D eigenvalue weighted by atomic mass is 16.3. The number of aliphatic hydroxyl groups excluding tert-OH is 1. The van der Waals surface area contributed by atoms with Crippen LogP contribution in [-0.4, -0.2) is 26.4 Å². The van der Waals surface area contributed by atoms with Crippen molar-refractivity contribution < 1.29 is 10.2 Å². The van der Waals surface area contributed by atoms with E-state index in [-0.39, 0.29) is 19.0 Å². The van der Waals surface area contributed by atoms with Crippen LogP contribution in [-0.2, 0) is 6.54 Å². The highest BCUT2D eigenvalue weighted by Crippen LogP contribution is 2.24. The zero-order valence-corrected chi connectivity index (χ0v) is 8.55. The van der Waals surface area contributed by atoms with Gasteiger partial charge in [-0.25, -0.2) is 4.79 Å². The summed E-state index contributed by atoms with van der Waals surface area (Å²) in [5.41, 5.74) is 0.679. The van der Waals surface area contributed by atoms with Gasteiger partial charge >= 0.3 is 5.69 Å². The van der Waals surface area contributed by atoms with Crippen molar-refractivity contribution in [3.8, 4) is 17.1 Å². The molecule has 1 aromatic heterocycles. The van der Waals surface area contributed by atoms with Crippen molar-refractivity contribution >= 4 is 0 Å². The van der Waals surface area contributed by atoms with Crippen LogP contribution in [0.3, 0.4) is 0 Å². The van der Waals surface area contributed by atoms with Crippen LogP contribution >= 0.6 is 0 Å². The van der Waals surface area contributed by atoms with E-state index in [9.17, 15) is 9.90 Å². The molecule has 5 nitrogen and oxygen atoms in total. The highest BCUT2D eigenvalue weighted by Gasteiger charge is 2.13. The molecule has 2 rings (SSSR count). The van der Waals surface area contributed by atoms with Crippen molar-refractivity contribution in [3.63, 3.8) is 0 Å². The summed E-state index contributed by atoms with van der Waals surface area (Å²) in [6.45, 7) is -0.118. The van der Waals surface area contributed by atoms with Crippen LogP contribution in [0.1, 0.15) is 0 Å². The van der Waals surface area contributed by atoms with Gasteiger partial charge < -0.3 is 15.2 Å². The quantitative estimate of drug-likeness (QED) is 0.706. The molecule has 0 saturated heterocycles. The number of nitrogens with zero attached hydrogens (tertiary/aromatic N) is 1. The van der Waals surface area contributed by atoms with Gasteiger partial charge in [0, 0.05) is 5.56 Å². The predicted octanol–water partition coefficient (Wildman–Crippen LogP) is 0.541. The number of benzene rings is 1. The molecule has 3 N–H and O–H groups in total. The Kier molecular flexibility index (Phi) is 2.78. The molecule has 0 unspecified atom stereocenters. The van der Waals surface area contributed by atoms with Crippen LogP contribution in [0, 0.1) is 0 Å². The molecule has 0 aliphatic carbocycles. The van der Waals surface area contributed by atoms with Gasteiger partial charge in [0.1, 0.15) is 5.69 Å². The number of rotatable bonds is 3. The molecule has 5 heteroatoms. The van der Waals surface area contributed by atoms with E-state index in [2.05, 4.69) is 4.98 Å². The van der Waals surface area contributed by atoms with E-state index in [4.69, 9.17) is 5.11 Å². The SMILES string of the molecule is O=c1[nH]c(-c2ccccc2)c(O)n1CCO. The van der Waals surface area contributed by atoms with Gasteiger partial charge in [0.15, 0.2) is 0 Å². The summed E-state index contributed by atoms with van der Waals surface area (Å²) in [5, 5.41) is 18.6. The summed E-state index contributed by atoms with van der Waals surface area (Å²) in [5.74, 6) is -0.148. The Morgan fingerprint density at radius 3 is 2.56 bits per heavy atom. The molecule has 0 amide bonds. The van der Waals surface area contributed by atoms with Crippen LogP contribution < -0.4 is 5.69 Å². The maximum atomic E-state index is 11.5. The lowest BCUT2D eigenvalue weighted by Crippen LogP contribution is -2.18. The van der Waals surface area contributed by atoms with E-state index >= 15 is 0 Å². The molecule has 0 radical (unpaired) electrons. The molecule has 0 bridgehead atoms. The number of aromatic nitrogens is 2. The molecule has 16 heavy (non-hydrogen) atoms. The third-order valence-corrected chi connectivity index (χ3v) is 2.34. The lowest BCUT2D eigenvalue weighted by atomic mass is 10.2. The Morgan fingerprint density at radius 1 is 1.25 bits per heavy atom. The van der Waals surface area contributed by atoms with E-state index < -0.39 is 5.69 Å². The average Bonchev–Trinajstić information content (AvgIpc) is 2.59. The smallest absolute Gasteiger partial charge is 0.328 e. The van der Waals surface area contributed by atoms with Crippen LogP contribution in [0.2, 0.25) is 0 Å². The summed E-state index contributed by atoms with van der Waals surface area (Å²) >= 11 is 0. The van der Waals surface area contributed by atoms with Crippen molar-refractivity contribution in [2.24, 2.45) is 0 Å². The van der Waals surface area contributed by atoms with Crippen LogP contribution in [0.5, 0.6) is 5.88 Å². The Hall–Kier alpha value is -2.01. The first-order valence-electron chi connectivity index (χ1n) is 4.92. The van der Waals surface area contributed by atoms with Gasteiger partial charge in [0.05, 0.1) is 13.2 Å². The summed E-state index contributed by atoms with van der Waals surface area (Å²) in [6, 6.07) is 9.05. The average molecular weight is 220 g/mol. The molecule has 0 aliphatic rings. The first-order valence-corrected chi connectivity index (χ1v) is 4.92. The number of aromatic amines is 1. The van der Waals surface area contributed by atoms with E-state index in [1.54, 1.807) is 12.1 Å². The Balaban J connectivity index is 2.52. The lowest BCUT2D eigenvalue weighted by Gasteiger charge is -2.01. The fourth-order valence-electron chi connectivity index (χ4n) is 1.57. The highest BCUT2D eigenvalue weighted by molar-refractivity contribution is 5.64. The molecular formula is C11H12N2O3. The largest absolute Gasteiger partial charge is 0.493 e. The number of H-pyrrole nitrogens is 1. The van der Waals surface area contributed by atoms with Crippen LogP contribution in [0.15, 0.2) is 35.1 Å². The van der Waals surface area contributed by atoms with E-state index in [1.807, 2.05) is 18.2 Å². The van der Waals surface area contributed by atoms with Crippen LogP contribution in [0.4, 0.5) is 0 Å². The normalized spacial score (nSPS) is 10.6. The van der Waals surface area contributed by atoms with Crippen LogP contribution in [0.25, 0.3) is 11.3 Å². The minimum absolute atomic E-state index is 0.0774. The summed E-state index contributed by atoms with van der Waals surface area (Å²) in [7, 11) is 0. The van der Waals surface area contributed by atoms with E-state index in [1.165, 1.54) is 0 Å². The first-order chi connectivity index (χ1) is 7.74. The second-order valence-electron chi connectivity index (χ2n) is 3.37.